The topological polar surface area (TPSA) is 43.1 Å². The predicted molar refractivity (Wildman–Crippen MR) is 70.1 cm³/mol. The number of benzene rings is 1. The molecule has 1 aliphatic rings. The number of hydrogen-bond acceptors (Lipinski definition) is 2. The Kier molecular flexibility index (Phi) is 4.03. The molecular formula is C14H17ClFNO. The number of rotatable bonds is 5. The van der Waals surface area contributed by atoms with E-state index in [2.05, 4.69) is 0 Å². The van der Waals surface area contributed by atoms with E-state index in [0.29, 0.717) is 23.6 Å². The fourth-order valence-corrected chi connectivity index (χ4v) is 2.70. The zero-order chi connectivity index (χ0) is 13.2. The van der Waals surface area contributed by atoms with Crippen LogP contribution in [0.2, 0.25) is 5.02 Å². The van der Waals surface area contributed by atoms with Crippen LogP contribution in [0.15, 0.2) is 18.2 Å². The molecule has 0 aliphatic heterocycles. The summed E-state index contributed by atoms with van der Waals surface area (Å²) in [5, 5.41) is 0.455. The SMILES string of the molecule is NCC1(CC(=O)Cc2cc(Cl)ccc2F)CCC1. The number of ketones is 1. The molecule has 2 rings (SSSR count). The highest BCUT2D eigenvalue weighted by atomic mass is 35.5. The molecule has 1 fully saturated rings. The van der Waals surface area contributed by atoms with Gasteiger partial charge in [0.2, 0.25) is 0 Å². The van der Waals surface area contributed by atoms with Gasteiger partial charge in [0.25, 0.3) is 0 Å². The molecule has 0 spiro atoms. The lowest BCUT2D eigenvalue weighted by atomic mass is 9.65. The van der Waals surface area contributed by atoms with Crippen molar-refractivity contribution in [1.29, 1.82) is 0 Å². The smallest absolute Gasteiger partial charge is 0.137 e. The molecule has 0 aromatic heterocycles. The van der Waals surface area contributed by atoms with Crippen molar-refractivity contribution in [2.75, 3.05) is 6.54 Å². The number of Topliss-reactive ketones (excluding diaryl/α,β-unsaturated/α-hetero) is 1. The first-order valence-corrected chi connectivity index (χ1v) is 6.58. The third-order valence-electron chi connectivity index (χ3n) is 3.81. The van der Waals surface area contributed by atoms with E-state index in [1.807, 2.05) is 0 Å². The molecule has 1 aliphatic carbocycles. The van der Waals surface area contributed by atoms with Crippen molar-refractivity contribution in [2.45, 2.75) is 32.1 Å². The average molecular weight is 270 g/mol. The lowest BCUT2D eigenvalue weighted by molar-refractivity contribution is -0.122. The summed E-state index contributed by atoms with van der Waals surface area (Å²) in [5.41, 5.74) is 6.07. The molecule has 2 N–H and O–H groups in total. The van der Waals surface area contributed by atoms with Crippen LogP contribution in [-0.4, -0.2) is 12.3 Å². The second kappa shape index (κ2) is 5.37. The maximum absolute atomic E-state index is 13.5. The van der Waals surface area contributed by atoms with Gasteiger partial charge in [-0.1, -0.05) is 18.0 Å². The lowest BCUT2D eigenvalue weighted by Gasteiger charge is -2.40. The summed E-state index contributed by atoms with van der Waals surface area (Å²) >= 11 is 5.80. The Labute approximate surface area is 111 Å². The summed E-state index contributed by atoms with van der Waals surface area (Å²) in [5.74, 6) is -0.329. The largest absolute Gasteiger partial charge is 0.330 e. The molecule has 4 heteroatoms. The molecule has 1 aromatic rings. The van der Waals surface area contributed by atoms with E-state index in [9.17, 15) is 9.18 Å². The van der Waals surface area contributed by atoms with Crippen LogP contribution in [0.1, 0.15) is 31.2 Å². The van der Waals surface area contributed by atoms with Crippen LogP contribution in [0.25, 0.3) is 0 Å². The summed E-state index contributed by atoms with van der Waals surface area (Å²) in [6, 6.07) is 4.30. The van der Waals surface area contributed by atoms with Crippen molar-refractivity contribution in [3.8, 4) is 0 Å². The number of carbonyl (C=O) groups is 1. The highest BCUT2D eigenvalue weighted by molar-refractivity contribution is 6.30. The van der Waals surface area contributed by atoms with Crippen LogP contribution < -0.4 is 5.73 Å². The van der Waals surface area contributed by atoms with Crippen molar-refractivity contribution in [3.63, 3.8) is 0 Å². The summed E-state index contributed by atoms with van der Waals surface area (Å²) in [6.07, 6.45) is 3.71. The monoisotopic (exact) mass is 269 g/mol. The van der Waals surface area contributed by atoms with Gasteiger partial charge in [0, 0.05) is 17.9 Å². The van der Waals surface area contributed by atoms with Crippen molar-refractivity contribution in [2.24, 2.45) is 11.1 Å². The zero-order valence-corrected chi connectivity index (χ0v) is 11.0. The van der Waals surface area contributed by atoms with Gasteiger partial charge in [-0.3, -0.25) is 4.79 Å². The normalized spacial score (nSPS) is 17.3. The van der Waals surface area contributed by atoms with Gasteiger partial charge in [0.05, 0.1) is 0 Å². The molecule has 0 unspecified atom stereocenters. The standard InChI is InChI=1S/C14H17ClFNO/c15-11-2-3-13(16)10(6-11)7-12(18)8-14(9-17)4-1-5-14/h2-3,6H,1,4-5,7-9,17H2. The van der Waals surface area contributed by atoms with Gasteiger partial charge in [0.15, 0.2) is 0 Å². The van der Waals surface area contributed by atoms with Gasteiger partial charge in [-0.15, -0.1) is 0 Å². The highest BCUT2D eigenvalue weighted by Gasteiger charge is 2.37. The minimum atomic E-state index is -0.372. The van der Waals surface area contributed by atoms with Gasteiger partial charge < -0.3 is 5.73 Å². The van der Waals surface area contributed by atoms with E-state index in [1.54, 1.807) is 0 Å². The average Bonchev–Trinajstić information content (AvgIpc) is 2.28. The van der Waals surface area contributed by atoms with E-state index in [4.69, 9.17) is 17.3 Å². The summed E-state index contributed by atoms with van der Waals surface area (Å²) in [7, 11) is 0. The molecule has 18 heavy (non-hydrogen) atoms. The van der Waals surface area contributed by atoms with Crippen LogP contribution in [0.3, 0.4) is 0 Å². The Balaban J connectivity index is 2.00. The van der Waals surface area contributed by atoms with Gasteiger partial charge >= 0.3 is 0 Å². The van der Waals surface area contributed by atoms with Gasteiger partial charge in [-0.05, 0) is 48.6 Å². The Bertz CT molecular complexity index is 452. The van der Waals surface area contributed by atoms with Crippen LogP contribution >= 0.6 is 11.6 Å². The second-order valence-corrected chi connectivity index (χ2v) is 5.62. The van der Waals surface area contributed by atoms with Crippen molar-refractivity contribution in [1.82, 2.24) is 0 Å². The number of hydrogen-bond donors (Lipinski definition) is 1. The number of carbonyl (C=O) groups excluding carboxylic acids is 1. The summed E-state index contributed by atoms with van der Waals surface area (Å²) in [6.45, 7) is 0.538. The fraction of sp³-hybridized carbons (Fsp3) is 0.500. The summed E-state index contributed by atoms with van der Waals surface area (Å²) < 4.78 is 13.5. The molecular weight excluding hydrogens is 253 g/mol. The Morgan fingerprint density at radius 2 is 2.17 bits per heavy atom. The molecule has 2 nitrogen and oxygen atoms in total. The summed E-state index contributed by atoms with van der Waals surface area (Å²) in [4.78, 5) is 12.0. The van der Waals surface area contributed by atoms with Crippen LogP contribution in [0.5, 0.6) is 0 Å². The minimum Gasteiger partial charge on any atom is -0.330 e. The first-order chi connectivity index (χ1) is 8.54. The minimum absolute atomic E-state index is 0.0217. The zero-order valence-electron chi connectivity index (χ0n) is 10.2. The Morgan fingerprint density at radius 3 is 2.72 bits per heavy atom. The molecule has 0 bridgehead atoms. The quantitative estimate of drug-likeness (QED) is 0.893. The van der Waals surface area contributed by atoms with Crippen molar-refractivity contribution >= 4 is 17.4 Å². The molecule has 0 saturated heterocycles. The molecule has 0 amide bonds. The van der Waals surface area contributed by atoms with E-state index in [1.165, 1.54) is 18.2 Å². The maximum atomic E-state index is 13.5. The van der Waals surface area contributed by atoms with Crippen LogP contribution in [0.4, 0.5) is 4.39 Å². The molecule has 1 aromatic carbocycles. The lowest BCUT2D eigenvalue weighted by Crippen LogP contribution is -2.39. The molecule has 0 heterocycles. The van der Waals surface area contributed by atoms with Crippen molar-refractivity contribution < 1.29 is 9.18 Å². The van der Waals surface area contributed by atoms with Gasteiger partial charge in [-0.2, -0.15) is 0 Å². The molecule has 0 radical (unpaired) electrons. The number of halogens is 2. The molecule has 1 saturated carbocycles. The third kappa shape index (κ3) is 2.90. The Morgan fingerprint density at radius 1 is 1.44 bits per heavy atom. The second-order valence-electron chi connectivity index (χ2n) is 5.19. The van der Waals surface area contributed by atoms with E-state index in [0.717, 1.165) is 19.3 Å². The molecule has 0 atom stereocenters. The van der Waals surface area contributed by atoms with E-state index >= 15 is 0 Å². The first-order valence-electron chi connectivity index (χ1n) is 6.20. The maximum Gasteiger partial charge on any atom is 0.137 e. The van der Waals surface area contributed by atoms with Crippen LogP contribution in [0, 0.1) is 11.2 Å². The number of nitrogens with two attached hydrogens (primary N) is 1. The Hall–Kier alpha value is -0.930. The van der Waals surface area contributed by atoms with Gasteiger partial charge in [0.1, 0.15) is 11.6 Å². The first kappa shape index (κ1) is 13.5. The molecule has 98 valence electrons. The van der Waals surface area contributed by atoms with Gasteiger partial charge in [-0.25, -0.2) is 4.39 Å². The van der Waals surface area contributed by atoms with E-state index < -0.39 is 0 Å². The highest BCUT2D eigenvalue weighted by Crippen LogP contribution is 2.43. The van der Waals surface area contributed by atoms with Crippen molar-refractivity contribution in [3.05, 3.63) is 34.6 Å². The predicted octanol–water partition coefficient (Wildman–Crippen LogP) is 3.11. The van der Waals surface area contributed by atoms with E-state index in [-0.39, 0.29) is 23.4 Å². The fourth-order valence-electron chi connectivity index (χ4n) is 2.50. The third-order valence-corrected chi connectivity index (χ3v) is 4.05. The van der Waals surface area contributed by atoms with Crippen LogP contribution in [-0.2, 0) is 11.2 Å².